The molecule has 2 amide bonds. The van der Waals surface area contributed by atoms with Crippen molar-refractivity contribution in [2.75, 3.05) is 11.9 Å². The van der Waals surface area contributed by atoms with Gasteiger partial charge in [-0.3, -0.25) is 0 Å². The Kier molecular flexibility index (Phi) is 5.93. The molecule has 0 spiro atoms. The van der Waals surface area contributed by atoms with Crippen molar-refractivity contribution in [3.63, 3.8) is 0 Å². The summed E-state index contributed by atoms with van der Waals surface area (Å²) in [5.74, 6) is 0. The third-order valence-corrected chi connectivity index (χ3v) is 2.57. The van der Waals surface area contributed by atoms with E-state index in [9.17, 15) is 9.90 Å². The van der Waals surface area contributed by atoms with Crippen molar-refractivity contribution in [1.82, 2.24) is 10.3 Å². The second-order valence-electron chi connectivity index (χ2n) is 3.65. The van der Waals surface area contributed by atoms with Crippen LogP contribution >= 0.6 is 15.9 Å². The van der Waals surface area contributed by atoms with Gasteiger partial charge in [0.2, 0.25) is 0 Å². The topological polar surface area (TPSA) is 74.2 Å². The molecule has 5 nitrogen and oxygen atoms in total. The lowest BCUT2D eigenvalue weighted by Gasteiger charge is -2.11. The summed E-state index contributed by atoms with van der Waals surface area (Å²) in [7, 11) is 0. The van der Waals surface area contributed by atoms with Gasteiger partial charge in [-0.1, -0.05) is 13.3 Å². The van der Waals surface area contributed by atoms with E-state index in [1.165, 1.54) is 0 Å². The molecule has 0 fully saturated rings. The van der Waals surface area contributed by atoms with Gasteiger partial charge in [0, 0.05) is 6.54 Å². The molecule has 3 N–H and O–H groups in total. The average Bonchev–Trinajstić information content (AvgIpc) is 2.30. The van der Waals surface area contributed by atoms with Crippen molar-refractivity contribution in [1.29, 1.82) is 0 Å². The maximum Gasteiger partial charge on any atom is 0.319 e. The number of hydrogen-bond acceptors (Lipinski definition) is 3. The summed E-state index contributed by atoms with van der Waals surface area (Å²) in [6.07, 6.45) is 2.63. The third kappa shape index (κ3) is 5.65. The first-order valence-electron chi connectivity index (χ1n) is 5.46. The van der Waals surface area contributed by atoms with Gasteiger partial charge in [-0.15, -0.1) is 0 Å². The van der Waals surface area contributed by atoms with Crippen LogP contribution in [-0.4, -0.2) is 28.8 Å². The molecule has 1 unspecified atom stereocenters. The highest BCUT2D eigenvalue weighted by Gasteiger charge is 2.06. The lowest BCUT2D eigenvalue weighted by atomic mass is 10.2. The van der Waals surface area contributed by atoms with E-state index in [1.807, 2.05) is 6.92 Å². The molecule has 17 heavy (non-hydrogen) atoms. The molecule has 0 radical (unpaired) electrons. The Hall–Kier alpha value is -1.14. The molecule has 94 valence electrons. The van der Waals surface area contributed by atoms with Crippen molar-refractivity contribution in [2.45, 2.75) is 25.9 Å². The molecule has 0 aliphatic heterocycles. The van der Waals surface area contributed by atoms with Gasteiger partial charge in [0.15, 0.2) is 0 Å². The van der Waals surface area contributed by atoms with Gasteiger partial charge >= 0.3 is 6.03 Å². The molecule has 1 heterocycles. The molecular formula is C11H16BrN3O2. The first-order chi connectivity index (χ1) is 8.11. The molecule has 0 aliphatic carbocycles. The minimum atomic E-state index is -0.492. The van der Waals surface area contributed by atoms with E-state index < -0.39 is 6.10 Å². The van der Waals surface area contributed by atoms with Gasteiger partial charge in [0.25, 0.3) is 0 Å². The normalized spacial score (nSPS) is 11.9. The summed E-state index contributed by atoms with van der Waals surface area (Å²) < 4.78 is 0.710. The minimum Gasteiger partial charge on any atom is -0.391 e. The van der Waals surface area contributed by atoms with Crippen LogP contribution in [0.15, 0.2) is 22.9 Å². The van der Waals surface area contributed by atoms with Gasteiger partial charge < -0.3 is 15.7 Å². The van der Waals surface area contributed by atoms with Gasteiger partial charge in [-0.25, -0.2) is 9.78 Å². The van der Waals surface area contributed by atoms with E-state index in [4.69, 9.17) is 0 Å². The lowest BCUT2D eigenvalue weighted by Crippen LogP contribution is -2.35. The number of nitrogens with one attached hydrogen (secondary N) is 2. The van der Waals surface area contributed by atoms with E-state index in [0.29, 0.717) is 16.7 Å². The van der Waals surface area contributed by atoms with E-state index in [1.54, 1.807) is 18.3 Å². The largest absolute Gasteiger partial charge is 0.391 e. The fourth-order valence-electron chi connectivity index (χ4n) is 1.27. The fraction of sp³-hybridized carbons (Fsp3) is 0.455. The molecule has 1 aromatic heterocycles. The molecule has 0 saturated heterocycles. The predicted octanol–water partition coefficient (Wildman–Crippen LogP) is 2.13. The smallest absolute Gasteiger partial charge is 0.319 e. The third-order valence-electron chi connectivity index (χ3n) is 2.11. The predicted molar refractivity (Wildman–Crippen MR) is 69.9 cm³/mol. The van der Waals surface area contributed by atoms with E-state index in [-0.39, 0.29) is 12.6 Å². The van der Waals surface area contributed by atoms with Crippen molar-refractivity contribution in [2.24, 2.45) is 0 Å². The number of halogens is 1. The average molecular weight is 302 g/mol. The van der Waals surface area contributed by atoms with Crippen molar-refractivity contribution < 1.29 is 9.90 Å². The maximum absolute atomic E-state index is 11.4. The Morgan fingerprint density at radius 2 is 2.35 bits per heavy atom. The number of urea groups is 1. The van der Waals surface area contributed by atoms with Crippen molar-refractivity contribution >= 4 is 27.6 Å². The van der Waals surface area contributed by atoms with Crippen LogP contribution in [0.2, 0.25) is 0 Å². The molecular weight excluding hydrogens is 286 g/mol. The summed E-state index contributed by atoms with van der Waals surface area (Å²) >= 11 is 3.21. The van der Waals surface area contributed by atoms with Crippen LogP contribution in [0.3, 0.4) is 0 Å². The van der Waals surface area contributed by atoms with E-state index in [2.05, 4.69) is 31.5 Å². The summed E-state index contributed by atoms with van der Waals surface area (Å²) in [6.45, 7) is 2.24. The molecule has 1 rings (SSSR count). The minimum absolute atomic E-state index is 0.254. The summed E-state index contributed by atoms with van der Waals surface area (Å²) in [4.78, 5) is 15.4. The first-order valence-corrected chi connectivity index (χ1v) is 6.25. The second-order valence-corrected chi connectivity index (χ2v) is 4.46. The number of amides is 2. The van der Waals surface area contributed by atoms with Gasteiger partial charge in [0.1, 0.15) is 4.60 Å². The van der Waals surface area contributed by atoms with Crippen LogP contribution in [0.4, 0.5) is 10.5 Å². The van der Waals surface area contributed by atoms with E-state index >= 15 is 0 Å². The molecule has 0 aromatic carbocycles. The van der Waals surface area contributed by atoms with Crippen LogP contribution in [0.25, 0.3) is 0 Å². The number of nitrogens with zero attached hydrogens (tertiary/aromatic N) is 1. The van der Waals surface area contributed by atoms with Crippen molar-refractivity contribution in [3.05, 3.63) is 22.9 Å². The monoisotopic (exact) mass is 301 g/mol. The zero-order valence-electron chi connectivity index (χ0n) is 9.61. The Morgan fingerprint density at radius 3 is 2.94 bits per heavy atom. The van der Waals surface area contributed by atoms with Gasteiger partial charge in [-0.05, 0) is 34.5 Å². The van der Waals surface area contributed by atoms with Crippen LogP contribution in [0.1, 0.15) is 19.8 Å². The van der Waals surface area contributed by atoms with Crippen LogP contribution in [0, 0.1) is 0 Å². The fourth-order valence-corrected chi connectivity index (χ4v) is 1.51. The molecule has 1 atom stereocenters. The number of carbonyl (C=O) groups is 1. The highest BCUT2D eigenvalue weighted by molar-refractivity contribution is 9.10. The SMILES string of the molecule is CCCC(O)CNC(=O)Nc1ccc(Br)nc1. The number of aliphatic hydroxyl groups excluding tert-OH is 1. The Bertz CT molecular complexity index is 356. The Labute approximate surface area is 109 Å². The number of pyridine rings is 1. The summed E-state index contributed by atoms with van der Waals surface area (Å²) in [5.41, 5.74) is 0.607. The van der Waals surface area contributed by atoms with Gasteiger partial charge in [-0.2, -0.15) is 0 Å². The number of aliphatic hydroxyl groups is 1. The van der Waals surface area contributed by atoms with Gasteiger partial charge in [0.05, 0.1) is 18.0 Å². The van der Waals surface area contributed by atoms with E-state index in [0.717, 1.165) is 6.42 Å². The van der Waals surface area contributed by atoms with Crippen LogP contribution in [-0.2, 0) is 0 Å². The van der Waals surface area contributed by atoms with Crippen molar-refractivity contribution in [3.8, 4) is 0 Å². The molecule has 6 heteroatoms. The maximum atomic E-state index is 11.4. The molecule has 0 aliphatic rings. The summed E-state index contributed by atoms with van der Waals surface area (Å²) in [6, 6.07) is 3.13. The van der Waals surface area contributed by atoms with Crippen LogP contribution in [0.5, 0.6) is 0 Å². The molecule has 1 aromatic rings. The standard InChI is InChI=1S/C11H16BrN3O2/c1-2-3-9(16)7-14-11(17)15-8-4-5-10(12)13-6-8/h4-6,9,16H,2-3,7H2,1H3,(H2,14,15,17). The second kappa shape index (κ2) is 7.24. The quantitative estimate of drug-likeness (QED) is 0.729. The number of rotatable bonds is 5. The summed E-state index contributed by atoms with van der Waals surface area (Å²) in [5, 5.41) is 14.7. The number of aromatic nitrogens is 1. The number of hydrogen-bond donors (Lipinski definition) is 3. The first kappa shape index (κ1) is 13.9. The lowest BCUT2D eigenvalue weighted by molar-refractivity contribution is 0.162. The highest BCUT2D eigenvalue weighted by Crippen LogP contribution is 2.09. The highest BCUT2D eigenvalue weighted by atomic mass is 79.9. The van der Waals surface area contributed by atoms with Crippen LogP contribution < -0.4 is 10.6 Å². The zero-order chi connectivity index (χ0) is 12.7. The Morgan fingerprint density at radius 1 is 1.59 bits per heavy atom. The molecule has 0 saturated carbocycles. The number of carbonyl (C=O) groups excluding carboxylic acids is 1. The zero-order valence-corrected chi connectivity index (χ0v) is 11.2. The Balaban J connectivity index is 2.32. The number of anilines is 1. The molecule has 0 bridgehead atoms.